The first-order valence-corrected chi connectivity index (χ1v) is 4.35. The Morgan fingerprint density at radius 2 is 1.92 bits per heavy atom. The number of ketones is 1. The summed E-state index contributed by atoms with van der Waals surface area (Å²) in [5.74, 6) is 0.00287. The summed E-state index contributed by atoms with van der Waals surface area (Å²) in [5.41, 5.74) is 0.584. The van der Waals surface area contributed by atoms with Crippen LogP contribution in [0.3, 0.4) is 0 Å². The van der Waals surface area contributed by atoms with E-state index < -0.39 is 0 Å². The molecular formula is C10H8ClNO. The predicted molar refractivity (Wildman–Crippen MR) is 53.3 cm³/mol. The highest BCUT2D eigenvalue weighted by molar-refractivity contribution is 6.35. The highest BCUT2D eigenvalue weighted by Crippen LogP contribution is 2.26. The maximum atomic E-state index is 11.2. The topological polar surface area (TPSA) is 32.9 Å². The quantitative estimate of drug-likeness (QED) is 0.694. The predicted octanol–water partition coefficient (Wildman–Crippen LogP) is 3.02. The first-order valence-electron chi connectivity index (χ1n) is 3.97. The number of fused-ring (bicyclic) bond motifs is 1. The summed E-state index contributed by atoms with van der Waals surface area (Å²) in [6, 6.07) is 7.56. The fourth-order valence-electron chi connectivity index (χ4n) is 1.41. The number of carbonyl (C=O) groups is 1. The number of Topliss-reactive ketones (excluding diaryl/α,β-unsaturated/α-hetero) is 1. The van der Waals surface area contributed by atoms with Gasteiger partial charge in [0.15, 0.2) is 5.78 Å². The molecule has 0 aliphatic heterocycles. The Kier molecular flexibility index (Phi) is 1.85. The summed E-state index contributed by atoms with van der Waals surface area (Å²) < 4.78 is 0. The normalized spacial score (nSPS) is 10.6. The molecule has 0 atom stereocenters. The first kappa shape index (κ1) is 8.32. The Hall–Kier alpha value is -1.28. The second-order valence-corrected chi connectivity index (χ2v) is 3.29. The Balaban J connectivity index is 2.85. The van der Waals surface area contributed by atoms with Gasteiger partial charge in [-0.2, -0.15) is 0 Å². The number of aromatic amines is 1. The van der Waals surface area contributed by atoms with Crippen LogP contribution in [-0.4, -0.2) is 10.8 Å². The molecule has 2 nitrogen and oxygen atoms in total. The van der Waals surface area contributed by atoms with E-state index in [4.69, 9.17) is 11.6 Å². The van der Waals surface area contributed by atoms with Gasteiger partial charge >= 0.3 is 0 Å². The molecule has 0 saturated heterocycles. The van der Waals surface area contributed by atoms with Gasteiger partial charge in [-0.3, -0.25) is 4.79 Å². The van der Waals surface area contributed by atoms with Crippen molar-refractivity contribution in [3.8, 4) is 0 Å². The van der Waals surface area contributed by atoms with Crippen LogP contribution in [-0.2, 0) is 0 Å². The molecule has 2 rings (SSSR count). The van der Waals surface area contributed by atoms with E-state index in [1.165, 1.54) is 6.92 Å². The lowest BCUT2D eigenvalue weighted by Crippen LogP contribution is -1.91. The van der Waals surface area contributed by atoms with Gasteiger partial charge < -0.3 is 4.98 Å². The molecule has 0 saturated carbocycles. The maximum Gasteiger partial charge on any atom is 0.176 e. The summed E-state index contributed by atoms with van der Waals surface area (Å²) >= 11 is 5.91. The lowest BCUT2D eigenvalue weighted by molar-refractivity contribution is 0.101. The van der Waals surface area contributed by atoms with Crippen LogP contribution in [0.25, 0.3) is 10.8 Å². The molecule has 1 heterocycles. The van der Waals surface area contributed by atoms with Crippen LogP contribution in [0, 0.1) is 0 Å². The van der Waals surface area contributed by atoms with Crippen molar-refractivity contribution in [2.24, 2.45) is 0 Å². The number of halogens is 1. The molecule has 0 aliphatic rings. The van der Waals surface area contributed by atoms with Crippen LogP contribution in [0.5, 0.6) is 0 Å². The molecule has 3 heteroatoms. The number of aromatic nitrogens is 1. The number of hydrogen-bond acceptors (Lipinski definition) is 1. The number of H-pyrrole nitrogens is 1. The second-order valence-electron chi connectivity index (χ2n) is 2.92. The lowest BCUT2D eigenvalue weighted by Gasteiger charge is -1.90. The van der Waals surface area contributed by atoms with Crippen molar-refractivity contribution in [2.45, 2.75) is 6.92 Å². The molecule has 1 aromatic carbocycles. The average Bonchev–Trinajstić information content (AvgIpc) is 2.45. The highest BCUT2D eigenvalue weighted by Gasteiger charge is 2.10. The highest BCUT2D eigenvalue weighted by atomic mass is 35.5. The summed E-state index contributed by atoms with van der Waals surface area (Å²) in [6.45, 7) is 1.52. The molecule has 1 aromatic heterocycles. The minimum absolute atomic E-state index is 0.00287. The van der Waals surface area contributed by atoms with Crippen molar-refractivity contribution in [1.82, 2.24) is 4.98 Å². The molecule has 0 bridgehead atoms. The summed E-state index contributed by atoms with van der Waals surface area (Å²) in [7, 11) is 0. The number of benzene rings is 1. The van der Waals surface area contributed by atoms with E-state index in [1.54, 1.807) is 0 Å². The number of nitrogens with one attached hydrogen (secondary N) is 1. The summed E-state index contributed by atoms with van der Waals surface area (Å²) in [5, 5.41) is 2.31. The lowest BCUT2D eigenvalue weighted by atomic mass is 10.1. The standard InChI is InChI=1S/C10H8ClNO/c1-6(13)9-7-4-2-3-5-8(7)10(11)12-9/h2-5,12H,1H3. The van der Waals surface area contributed by atoms with Crippen molar-refractivity contribution in [3.63, 3.8) is 0 Å². The van der Waals surface area contributed by atoms with E-state index >= 15 is 0 Å². The van der Waals surface area contributed by atoms with Crippen molar-refractivity contribution < 1.29 is 4.79 Å². The van der Waals surface area contributed by atoms with Gasteiger partial charge in [-0.05, 0) is 0 Å². The van der Waals surface area contributed by atoms with Gasteiger partial charge in [-0.25, -0.2) is 0 Å². The van der Waals surface area contributed by atoms with Gasteiger partial charge in [0.25, 0.3) is 0 Å². The third kappa shape index (κ3) is 1.23. The Labute approximate surface area is 80.5 Å². The van der Waals surface area contributed by atoms with Crippen molar-refractivity contribution >= 4 is 28.2 Å². The van der Waals surface area contributed by atoms with E-state index in [2.05, 4.69) is 4.98 Å². The van der Waals surface area contributed by atoms with E-state index in [0.717, 1.165) is 10.8 Å². The molecule has 0 unspecified atom stereocenters. The van der Waals surface area contributed by atoms with Crippen LogP contribution in [0.1, 0.15) is 17.4 Å². The zero-order valence-electron chi connectivity index (χ0n) is 7.10. The molecule has 0 fully saturated rings. The number of rotatable bonds is 1. The zero-order chi connectivity index (χ0) is 9.42. The van der Waals surface area contributed by atoms with Crippen molar-refractivity contribution in [2.75, 3.05) is 0 Å². The largest absolute Gasteiger partial charge is 0.342 e. The van der Waals surface area contributed by atoms with E-state index in [0.29, 0.717) is 10.8 Å². The van der Waals surface area contributed by atoms with Gasteiger partial charge in [0, 0.05) is 17.7 Å². The van der Waals surface area contributed by atoms with Gasteiger partial charge in [0.05, 0.1) is 5.69 Å². The Morgan fingerprint density at radius 3 is 2.54 bits per heavy atom. The molecule has 0 spiro atoms. The molecule has 2 aromatic rings. The van der Waals surface area contributed by atoms with Gasteiger partial charge in [0.2, 0.25) is 0 Å². The molecule has 66 valence electrons. The van der Waals surface area contributed by atoms with E-state index in [9.17, 15) is 4.79 Å². The minimum atomic E-state index is 0.00287. The average molecular weight is 194 g/mol. The van der Waals surface area contributed by atoms with Crippen molar-refractivity contribution in [1.29, 1.82) is 0 Å². The third-order valence-electron chi connectivity index (χ3n) is 2.02. The van der Waals surface area contributed by atoms with Crippen LogP contribution in [0.4, 0.5) is 0 Å². The number of carbonyl (C=O) groups excluding carboxylic acids is 1. The van der Waals surface area contributed by atoms with Crippen LogP contribution >= 0.6 is 11.6 Å². The molecule has 0 amide bonds. The fraction of sp³-hybridized carbons (Fsp3) is 0.100. The first-order chi connectivity index (χ1) is 6.20. The van der Waals surface area contributed by atoms with Crippen LogP contribution < -0.4 is 0 Å². The minimum Gasteiger partial charge on any atom is -0.342 e. The van der Waals surface area contributed by atoms with Crippen LogP contribution in [0.15, 0.2) is 24.3 Å². The van der Waals surface area contributed by atoms with E-state index in [-0.39, 0.29) is 5.78 Å². The SMILES string of the molecule is CC(=O)c1[nH]c(Cl)c2ccccc12. The van der Waals surface area contributed by atoms with Gasteiger partial charge in [-0.1, -0.05) is 35.9 Å². The fourth-order valence-corrected chi connectivity index (χ4v) is 1.67. The molecule has 0 aliphatic carbocycles. The third-order valence-corrected chi connectivity index (χ3v) is 2.32. The molecule has 0 radical (unpaired) electrons. The molecular weight excluding hydrogens is 186 g/mol. The summed E-state index contributed by atoms with van der Waals surface area (Å²) in [4.78, 5) is 14.1. The monoisotopic (exact) mass is 193 g/mol. The Bertz CT molecular complexity index is 473. The van der Waals surface area contributed by atoms with Gasteiger partial charge in [0.1, 0.15) is 5.15 Å². The summed E-state index contributed by atoms with van der Waals surface area (Å²) in [6.07, 6.45) is 0. The van der Waals surface area contributed by atoms with Crippen molar-refractivity contribution in [3.05, 3.63) is 35.1 Å². The van der Waals surface area contributed by atoms with Crippen LogP contribution in [0.2, 0.25) is 5.15 Å². The van der Waals surface area contributed by atoms with Gasteiger partial charge in [-0.15, -0.1) is 0 Å². The smallest absolute Gasteiger partial charge is 0.176 e. The zero-order valence-corrected chi connectivity index (χ0v) is 7.85. The number of hydrogen-bond donors (Lipinski definition) is 1. The second kappa shape index (κ2) is 2.89. The van der Waals surface area contributed by atoms with E-state index in [1.807, 2.05) is 24.3 Å². The maximum absolute atomic E-state index is 11.2. The molecule has 13 heavy (non-hydrogen) atoms. The Morgan fingerprint density at radius 1 is 1.31 bits per heavy atom. The molecule has 1 N–H and O–H groups in total.